The van der Waals surface area contributed by atoms with Crippen molar-refractivity contribution in [2.24, 2.45) is 0 Å². The van der Waals surface area contributed by atoms with Crippen LogP contribution in [-0.4, -0.2) is 6.47 Å². The van der Waals surface area contributed by atoms with Crippen LogP contribution in [0, 0.1) is 0 Å². The molecule has 0 amide bonds. The second-order valence-corrected chi connectivity index (χ2v) is 7.87. The Kier molecular flexibility index (Phi) is 6.17. The number of ether oxygens (including phenoxy) is 1. The lowest BCUT2D eigenvalue weighted by Crippen LogP contribution is -2.09. The van der Waals surface area contributed by atoms with Gasteiger partial charge in [-0.1, -0.05) is 84.9 Å². The van der Waals surface area contributed by atoms with Crippen molar-refractivity contribution < 1.29 is 9.53 Å². The summed E-state index contributed by atoms with van der Waals surface area (Å²) < 4.78 is 4.89. The lowest BCUT2D eigenvalue weighted by Gasteiger charge is -2.26. The molecule has 0 atom stereocenters. The van der Waals surface area contributed by atoms with E-state index in [1.54, 1.807) is 12.1 Å². The van der Waals surface area contributed by atoms with Gasteiger partial charge in [-0.2, -0.15) is 0 Å². The van der Waals surface area contributed by atoms with E-state index in [9.17, 15) is 4.79 Å². The lowest BCUT2D eigenvalue weighted by molar-refractivity contribution is -0.120. The van der Waals surface area contributed by atoms with Crippen LogP contribution in [0.25, 0.3) is 22.3 Å². The maximum Gasteiger partial charge on any atom is 0.298 e. The topological polar surface area (TPSA) is 29.5 Å². The highest BCUT2D eigenvalue weighted by Crippen LogP contribution is 2.36. The fourth-order valence-corrected chi connectivity index (χ4v) is 4.04. The molecule has 0 bridgehead atoms. The number of carbonyl (C=O) groups is 1. The van der Waals surface area contributed by atoms with Crippen LogP contribution in [0.1, 0.15) is 0 Å². The van der Waals surface area contributed by atoms with Gasteiger partial charge < -0.3 is 9.64 Å². The molecule has 5 rings (SSSR count). The normalized spacial score (nSPS) is 10.5. The molecule has 5 aromatic rings. The van der Waals surface area contributed by atoms with Crippen LogP contribution >= 0.6 is 0 Å². The van der Waals surface area contributed by atoms with E-state index in [0.717, 1.165) is 28.2 Å². The molecular formula is C31H23NO2. The molecule has 3 heteroatoms. The van der Waals surface area contributed by atoms with Crippen LogP contribution in [0.4, 0.5) is 17.1 Å². The van der Waals surface area contributed by atoms with E-state index >= 15 is 0 Å². The van der Waals surface area contributed by atoms with E-state index in [1.807, 2.05) is 24.3 Å². The molecule has 0 N–H and O–H groups in total. The number of benzene rings is 5. The van der Waals surface area contributed by atoms with Gasteiger partial charge in [0.15, 0.2) is 0 Å². The van der Waals surface area contributed by atoms with Crippen molar-refractivity contribution in [3.63, 3.8) is 0 Å². The van der Waals surface area contributed by atoms with Gasteiger partial charge >= 0.3 is 0 Å². The summed E-state index contributed by atoms with van der Waals surface area (Å²) in [5, 5.41) is 0. The summed E-state index contributed by atoms with van der Waals surface area (Å²) >= 11 is 0. The van der Waals surface area contributed by atoms with Gasteiger partial charge in [0.2, 0.25) is 0 Å². The molecule has 0 aliphatic heterocycles. The number of rotatable bonds is 7. The minimum atomic E-state index is 0.439. The molecule has 0 aliphatic rings. The number of hydrogen-bond donors (Lipinski definition) is 0. The van der Waals surface area contributed by atoms with Gasteiger partial charge in [-0.3, -0.25) is 4.79 Å². The molecule has 0 saturated carbocycles. The first-order chi connectivity index (χ1) is 16.8. The smallest absolute Gasteiger partial charge is 0.298 e. The third-order valence-electron chi connectivity index (χ3n) is 5.74. The van der Waals surface area contributed by atoms with E-state index in [0.29, 0.717) is 12.2 Å². The fraction of sp³-hybridized carbons (Fsp3) is 0. The maximum absolute atomic E-state index is 10.5. The van der Waals surface area contributed by atoms with Crippen LogP contribution in [0.15, 0.2) is 133 Å². The third-order valence-corrected chi connectivity index (χ3v) is 5.74. The van der Waals surface area contributed by atoms with Crippen molar-refractivity contribution in [3.8, 4) is 28.0 Å². The van der Waals surface area contributed by atoms with Gasteiger partial charge in [-0.25, -0.2) is 0 Å². The fourth-order valence-electron chi connectivity index (χ4n) is 4.04. The first-order valence-corrected chi connectivity index (χ1v) is 11.1. The minimum absolute atomic E-state index is 0.439. The molecule has 0 saturated heterocycles. The van der Waals surface area contributed by atoms with Crippen LogP contribution in [0.3, 0.4) is 0 Å². The average Bonchev–Trinajstić information content (AvgIpc) is 2.92. The summed E-state index contributed by atoms with van der Waals surface area (Å²) in [6, 6.07) is 45.4. The van der Waals surface area contributed by atoms with Gasteiger partial charge in [-0.05, 0) is 70.8 Å². The predicted molar refractivity (Wildman–Crippen MR) is 139 cm³/mol. The first-order valence-electron chi connectivity index (χ1n) is 11.1. The zero-order valence-electron chi connectivity index (χ0n) is 18.5. The monoisotopic (exact) mass is 441 g/mol. The third kappa shape index (κ3) is 4.59. The van der Waals surface area contributed by atoms with Crippen molar-refractivity contribution in [2.45, 2.75) is 0 Å². The van der Waals surface area contributed by atoms with E-state index in [4.69, 9.17) is 4.74 Å². The standard InChI is InChI=1S/C31H23NO2/c33-23-34-31-21-15-27(16-22-31)26-13-19-30(20-14-26)32(28-9-5-2-6-10-28)29-17-11-25(12-18-29)24-7-3-1-4-8-24/h1-23H. The minimum Gasteiger partial charge on any atom is -0.429 e. The number of carbonyl (C=O) groups excluding carboxylic acids is 1. The molecule has 5 aromatic carbocycles. The van der Waals surface area contributed by atoms with Gasteiger partial charge in [0.05, 0.1) is 0 Å². The number of hydrogen-bond acceptors (Lipinski definition) is 3. The molecule has 0 aromatic heterocycles. The van der Waals surface area contributed by atoms with Gasteiger partial charge in [0, 0.05) is 17.1 Å². The number of para-hydroxylation sites is 1. The molecule has 3 nitrogen and oxygen atoms in total. The quantitative estimate of drug-likeness (QED) is 0.239. The highest BCUT2D eigenvalue weighted by atomic mass is 16.5. The highest BCUT2D eigenvalue weighted by Gasteiger charge is 2.13. The molecule has 0 fully saturated rings. The van der Waals surface area contributed by atoms with Crippen LogP contribution in [0.2, 0.25) is 0 Å². The summed E-state index contributed by atoms with van der Waals surface area (Å²) in [4.78, 5) is 12.8. The van der Waals surface area contributed by atoms with Gasteiger partial charge in [0.25, 0.3) is 6.47 Å². The van der Waals surface area contributed by atoms with E-state index in [1.165, 1.54) is 11.1 Å². The second-order valence-electron chi connectivity index (χ2n) is 7.87. The van der Waals surface area contributed by atoms with E-state index in [-0.39, 0.29) is 0 Å². The summed E-state index contributed by atoms with van der Waals surface area (Å²) in [6.45, 7) is 0.439. The van der Waals surface area contributed by atoms with Gasteiger partial charge in [-0.15, -0.1) is 0 Å². The molecule has 0 unspecified atom stereocenters. The van der Waals surface area contributed by atoms with Crippen LogP contribution in [-0.2, 0) is 4.79 Å². The Morgan fingerprint density at radius 1 is 0.441 bits per heavy atom. The Labute approximate surface area is 199 Å². The first kappa shape index (κ1) is 21.2. The summed E-state index contributed by atoms with van der Waals surface area (Å²) in [6.07, 6.45) is 0. The van der Waals surface area contributed by atoms with Crippen LogP contribution < -0.4 is 9.64 Å². The SMILES string of the molecule is O=COc1ccc(-c2ccc(N(c3ccccc3)c3ccc(-c4ccccc4)cc3)cc2)cc1. The van der Waals surface area contributed by atoms with Crippen LogP contribution in [0.5, 0.6) is 5.75 Å². The molecule has 0 heterocycles. The second kappa shape index (κ2) is 9.88. The summed E-state index contributed by atoms with van der Waals surface area (Å²) in [5.41, 5.74) is 7.80. The largest absolute Gasteiger partial charge is 0.429 e. The summed E-state index contributed by atoms with van der Waals surface area (Å²) in [7, 11) is 0. The van der Waals surface area contributed by atoms with Crippen molar-refractivity contribution >= 4 is 23.5 Å². The molecule has 0 spiro atoms. The molecular weight excluding hydrogens is 418 g/mol. The van der Waals surface area contributed by atoms with Crippen molar-refractivity contribution in [1.29, 1.82) is 0 Å². The van der Waals surface area contributed by atoms with Gasteiger partial charge in [0.1, 0.15) is 5.75 Å². The highest BCUT2D eigenvalue weighted by molar-refractivity contribution is 5.79. The zero-order chi connectivity index (χ0) is 23.2. The molecule has 34 heavy (non-hydrogen) atoms. The molecule has 0 radical (unpaired) electrons. The van der Waals surface area contributed by atoms with E-state index in [2.05, 4.69) is 102 Å². The van der Waals surface area contributed by atoms with Crippen molar-refractivity contribution in [1.82, 2.24) is 0 Å². The zero-order valence-corrected chi connectivity index (χ0v) is 18.5. The Hall–Kier alpha value is -4.63. The maximum atomic E-state index is 10.5. The Morgan fingerprint density at radius 3 is 1.29 bits per heavy atom. The Bertz CT molecular complexity index is 1350. The molecule has 164 valence electrons. The number of nitrogens with zero attached hydrogens (tertiary/aromatic N) is 1. The van der Waals surface area contributed by atoms with Crippen molar-refractivity contribution in [2.75, 3.05) is 4.90 Å². The summed E-state index contributed by atoms with van der Waals surface area (Å²) in [5.74, 6) is 0.532. The van der Waals surface area contributed by atoms with E-state index < -0.39 is 0 Å². The lowest BCUT2D eigenvalue weighted by atomic mass is 10.0. The number of anilines is 3. The average molecular weight is 442 g/mol. The Morgan fingerprint density at radius 2 is 0.824 bits per heavy atom. The predicted octanol–water partition coefficient (Wildman–Crippen LogP) is 8.03. The Balaban J connectivity index is 1.47. The van der Waals surface area contributed by atoms with Crippen molar-refractivity contribution in [3.05, 3.63) is 133 Å². The molecule has 0 aliphatic carbocycles.